The van der Waals surface area contributed by atoms with Gasteiger partial charge in [0.25, 0.3) is 0 Å². The fourth-order valence-electron chi connectivity index (χ4n) is 1.32. The molecule has 0 aromatic heterocycles. The summed E-state index contributed by atoms with van der Waals surface area (Å²) in [6.45, 7) is 3.72. The summed E-state index contributed by atoms with van der Waals surface area (Å²) in [5.74, 6) is 0. The second-order valence-electron chi connectivity index (χ2n) is 3.79. The molecule has 1 rings (SSSR count). The first-order valence-corrected chi connectivity index (χ1v) is 7.18. The molecular formula is C11H16N2O2S2. The first kappa shape index (κ1) is 14.1. The van der Waals surface area contributed by atoms with Crippen LogP contribution in [0.5, 0.6) is 0 Å². The van der Waals surface area contributed by atoms with Crippen molar-refractivity contribution >= 4 is 27.2 Å². The van der Waals surface area contributed by atoms with E-state index in [2.05, 4.69) is 4.72 Å². The third kappa shape index (κ3) is 3.49. The van der Waals surface area contributed by atoms with Crippen molar-refractivity contribution in [3.63, 3.8) is 0 Å². The standard InChI is InChI=1S/C11H16N2O2S2/c1-3-8(2)13-17(14,15)10-7-5-4-6-9(10)11(12)16/h4-8,13H,3H2,1-2H3,(H2,12,16). The molecule has 0 heterocycles. The van der Waals surface area contributed by atoms with Crippen LogP contribution in [0.1, 0.15) is 25.8 Å². The van der Waals surface area contributed by atoms with Crippen molar-refractivity contribution in [3.8, 4) is 0 Å². The maximum atomic E-state index is 12.1. The molecule has 4 nitrogen and oxygen atoms in total. The van der Waals surface area contributed by atoms with Crippen LogP contribution < -0.4 is 10.5 Å². The molecule has 0 saturated heterocycles. The van der Waals surface area contributed by atoms with E-state index in [1.54, 1.807) is 25.1 Å². The Morgan fingerprint density at radius 1 is 1.47 bits per heavy atom. The van der Waals surface area contributed by atoms with Gasteiger partial charge in [0.2, 0.25) is 10.0 Å². The van der Waals surface area contributed by atoms with Gasteiger partial charge in [-0.25, -0.2) is 13.1 Å². The van der Waals surface area contributed by atoms with E-state index in [0.717, 1.165) is 0 Å². The largest absolute Gasteiger partial charge is 0.389 e. The SMILES string of the molecule is CCC(C)NS(=O)(=O)c1ccccc1C(N)=S. The number of hydrogen-bond acceptors (Lipinski definition) is 3. The first-order chi connectivity index (χ1) is 7.88. The van der Waals surface area contributed by atoms with E-state index >= 15 is 0 Å². The summed E-state index contributed by atoms with van der Waals surface area (Å²) < 4.78 is 26.8. The van der Waals surface area contributed by atoms with Gasteiger partial charge >= 0.3 is 0 Å². The van der Waals surface area contributed by atoms with E-state index in [1.807, 2.05) is 6.92 Å². The van der Waals surface area contributed by atoms with Gasteiger partial charge in [-0.2, -0.15) is 0 Å². The van der Waals surface area contributed by atoms with Crippen LogP contribution >= 0.6 is 12.2 Å². The summed E-state index contributed by atoms with van der Waals surface area (Å²) >= 11 is 4.85. The van der Waals surface area contributed by atoms with Crippen molar-refractivity contribution in [1.82, 2.24) is 4.72 Å². The summed E-state index contributed by atoms with van der Waals surface area (Å²) in [4.78, 5) is 0.211. The molecule has 94 valence electrons. The van der Waals surface area contributed by atoms with Crippen molar-refractivity contribution in [2.75, 3.05) is 0 Å². The number of thiocarbonyl (C=S) groups is 1. The highest BCUT2D eigenvalue weighted by Gasteiger charge is 2.20. The molecule has 1 atom stereocenters. The van der Waals surface area contributed by atoms with Gasteiger partial charge in [0.1, 0.15) is 4.99 Å². The zero-order chi connectivity index (χ0) is 13.1. The molecule has 0 amide bonds. The number of rotatable bonds is 5. The van der Waals surface area contributed by atoms with Crippen LogP contribution in [-0.2, 0) is 10.0 Å². The van der Waals surface area contributed by atoms with Crippen molar-refractivity contribution in [3.05, 3.63) is 29.8 Å². The molecule has 3 N–H and O–H groups in total. The van der Waals surface area contributed by atoms with Crippen LogP contribution in [0.25, 0.3) is 0 Å². The number of nitrogens with two attached hydrogens (primary N) is 1. The fourth-order valence-corrected chi connectivity index (χ4v) is 3.11. The van der Waals surface area contributed by atoms with E-state index in [1.165, 1.54) is 6.07 Å². The number of benzene rings is 1. The van der Waals surface area contributed by atoms with E-state index in [0.29, 0.717) is 12.0 Å². The zero-order valence-corrected chi connectivity index (χ0v) is 11.4. The van der Waals surface area contributed by atoms with Crippen LogP contribution in [0.4, 0.5) is 0 Å². The fraction of sp³-hybridized carbons (Fsp3) is 0.364. The van der Waals surface area contributed by atoms with Crippen molar-refractivity contribution in [2.45, 2.75) is 31.2 Å². The van der Waals surface area contributed by atoms with Crippen molar-refractivity contribution in [1.29, 1.82) is 0 Å². The second-order valence-corrected chi connectivity index (χ2v) is 5.91. The predicted octanol–water partition coefficient (Wildman–Crippen LogP) is 1.40. The highest BCUT2D eigenvalue weighted by molar-refractivity contribution is 7.89. The minimum atomic E-state index is -3.56. The molecular weight excluding hydrogens is 256 g/mol. The van der Waals surface area contributed by atoms with Crippen molar-refractivity contribution < 1.29 is 8.42 Å². The molecule has 17 heavy (non-hydrogen) atoms. The topological polar surface area (TPSA) is 72.2 Å². The average molecular weight is 272 g/mol. The highest BCUT2D eigenvalue weighted by atomic mass is 32.2. The number of hydrogen-bond donors (Lipinski definition) is 2. The lowest BCUT2D eigenvalue weighted by molar-refractivity contribution is 0.555. The maximum Gasteiger partial charge on any atom is 0.241 e. The molecule has 0 aliphatic rings. The van der Waals surface area contributed by atoms with Gasteiger partial charge in [0.15, 0.2) is 0 Å². The molecule has 0 saturated carbocycles. The van der Waals surface area contributed by atoms with Gasteiger partial charge < -0.3 is 5.73 Å². The Labute approximate surface area is 107 Å². The summed E-state index contributed by atoms with van der Waals surface area (Å²) in [6, 6.07) is 6.33. The van der Waals surface area contributed by atoms with Gasteiger partial charge in [-0.3, -0.25) is 0 Å². The molecule has 1 unspecified atom stereocenters. The van der Waals surface area contributed by atoms with Crippen LogP contribution in [0.2, 0.25) is 0 Å². The average Bonchev–Trinajstić information content (AvgIpc) is 2.28. The number of sulfonamides is 1. The van der Waals surface area contributed by atoms with Crippen LogP contribution in [0.3, 0.4) is 0 Å². The summed E-state index contributed by atoms with van der Waals surface area (Å²) in [6.07, 6.45) is 0.717. The third-order valence-corrected chi connectivity index (χ3v) is 4.28. The first-order valence-electron chi connectivity index (χ1n) is 5.29. The Morgan fingerprint density at radius 2 is 2.06 bits per heavy atom. The second kappa shape index (κ2) is 5.57. The van der Waals surface area contributed by atoms with E-state index in [9.17, 15) is 8.42 Å². The monoisotopic (exact) mass is 272 g/mol. The quantitative estimate of drug-likeness (QED) is 0.795. The van der Waals surface area contributed by atoms with Crippen molar-refractivity contribution in [2.24, 2.45) is 5.73 Å². The Bertz CT molecular complexity index is 512. The van der Waals surface area contributed by atoms with Gasteiger partial charge in [0, 0.05) is 11.6 Å². The van der Waals surface area contributed by atoms with Crippen LogP contribution in [0.15, 0.2) is 29.2 Å². The normalized spacial score (nSPS) is 13.3. The molecule has 0 fully saturated rings. The van der Waals surface area contributed by atoms with Gasteiger partial charge in [0.05, 0.1) is 4.90 Å². The molecule has 0 bridgehead atoms. The lowest BCUT2D eigenvalue weighted by Crippen LogP contribution is -2.33. The molecule has 1 aromatic carbocycles. The third-order valence-electron chi connectivity index (χ3n) is 2.41. The van der Waals surface area contributed by atoms with E-state index in [4.69, 9.17) is 18.0 Å². The van der Waals surface area contributed by atoms with E-state index < -0.39 is 10.0 Å². The molecule has 0 spiro atoms. The van der Waals surface area contributed by atoms with Crippen LogP contribution in [0, 0.1) is 0 Å². The smallest absolute Gasteiger partial charge is 0.241 e. The molecule has 0 radical (unpaired) electrons. The van der Waals surface area contributed by atoms with Crippen LogP contribution in [-0.4, -0.2) is 19.4 Å². The molecule has 0 aliphatic heterocycles. The Kier molecular flexibility index (Phi) is 4.62. The van der Waals surface area contributed by atoms with Gasteiger partial charge in [-0.05, 0) is 19.4 Å². The highest BCUT2D eigenvalue weighted by Crippen LogP contribution is 2.15. The molecule has 1 aromatic rings. The maximum absolute atomic E-state index is 12.1. The Hall–Kier alpha value is -0.980. The molecule has 0 aliphatic carbocycles. The molecule has 6 heteroatoms. The zero-order valence-electron chi connectivity index (χ0n) is 9.80. The lowest BCUT2D eigenvalue weighted by atomic mass is 10.2. The Balaban J connectivity index is 3.20. The van der Waals surface area contributed by atoms with Gasteiger partial charge in [-0.15, -0.1) is 0 Å². The summed E-state index contributed by atoms with van der Waals surface area (Å²) in [5, 5.41) is 0. The Morgan fingerprint density at radius 3 is 2.59 bits per heavy atom. The number of nitrogens with one attached hydrogen (secondary N) is 1. The predicted molar refractivity (Wildman–Crippen MR) is 72.4 cm³/mol. The van der Waals surface area contributed by atoms with E-state index in [-0.39, 0.29) is 15.9 Å². The lowest BCUT2D eigenvalue weighted by Gasteiger charge is -2.14. The summed E-state index contributed by atoms with van der Waals surface area (Å²) in [5.41, 5.74) is 5.89. The minimum absolute atomic E-state index is 0.0788. The minimum Gasteiger partial charge on any atom is -0.389 e. The summed E-state index contributed by atoms with van der Waals surface area (Å²) in [7, 11) is -3.56. The van der Waals surface area contributed by atoms with Gasteiger partial charge in [-0.1, -0.05) is 37.3 Å².